The summed E-state index contributed by atoms with van der Waals surface area (Å²) in [5.41, 5.74) is 2.12. The zero-order valence-corrected chi connectivity index (χ0v) is 13.6. The van der Waals surface area contributed by atoms with Crippen molar-refractivity contribution in [3.05, 3.63) is 54.1 Å². The Hall–Kier alpha value is -2.61. The van der Waals surface area contributed by atoms with Gasteiger partial charge in [-0.3, -0.25) is 4.79 Å². The molecule has 0 saturated carbocycles. The highest BCUT2D eigenvalue weighted by molar-refractivity contribution is 6.27. The molecule has 0 radical (unpaired) electrons. The van der Waals surface area contributed by atoms with Gasteiger partial charge in [0.15, 0.2) is 6.29 Å². The quantitative estimate of drug-likeness (QED) is 0.365. The number of carbonyl (C=O) groups excluding carboxylic acids is 1. The Morgan fingerprint density at radius 2 is 1.33 bits per heavy atom. The van der Waals surface area contributed by atoms with E-state index in [1.807, 2.05) is 6.07 Å². The maximum atomic E-state index is 11.5. The predicted octanol–water partition coefficient (Wildman–Crippen LogP) is 5.39. The molecule has 24 heavy (non-hydrogen) atoms. The standard InChI is InChI=1S/C22H19NO/c24-14-17-5-4-15-7-10-19-20(23-12-2-1-3-13-23)11-8-16-6-9-18(17)21(15)22(16)19/h4-11,14H,1-3,12-13H2. The van der Waals surface area contributed by atoms with Gasteiger partial charge in [-0.25, -0.2) is 0 Å². The van der Waals surface area contributed by atoms with Gasteiger partial charge in [0.25, 0.3) is 0 Å². The number of rotatable bonds is 2. The van der Waals surface area contributed by atoms with Crippen LogP contribution in [0, 0.1) is 0 Å². The number of piperidine rings is 1. The van der Waals surface area contributed by atoms with Crippen LogP contribution in [0.3, 0.4) is 0 Å². The first-order valence-corrected chi connectivity index (χ1v) is 8.77. The molecule has 2 nitrogen and oxygen atoms in total. The van der Waals surface area contributed by atoms with E-state index in [4.69, 9.17) is 0 Å². The third kappa shape index (κ3) is 1.86. The maximum Gasteiger partial charge on any atom is 0.150 e. The summed E-state index contributed by atoms with van der Waals surface area (Å²) in [6.07, 6.45) is 4.86. The Morgan fingerprint density at radius 1 is 0.708 bits per heavy atom. The van der Waals surface area contributed by atoms with Crippen LogP contribution in [0.4, 0.5) is 5.69 Å². The lowest BCUT2D eigenvalue weighted by molar-refractivity contribution is 0.112. The number of nitrogens with zero attached hydrogens (tertiary/aromatic N) is 1. The largest absolute Gasteiger partial charge is 0.371 e. The molecule has 0 amide bonds. The first kappa shape index (κ1) is 13.8. The molecule has 1 heterocycles. The Bertz CT molecular complexity index is 1060. The average molecular weight is 313 g/mol. The van der Waals surface area contributed by atoms with Gasteiger partial charge >= 0.3 is 0 Å². The lowest BCUT2D eigenvalue weighted by Gasteiger charge is -2.30. The second kappa shape index (κ2) is 5.20. The van der Waals surface area contributed by atoms with Crippen LogP contribution in [0.25, 0.3) is 32.3 Å². The SMILES string of the molecule is O=Cc1ccc2ccc3c(N4CCCCC4)ccc4ccc1c2c43. The molecule has 0 aromatic heterocycles. The molecule has 4 aromatic carbocycles. The number of benzene rings is 4. The minimum absolute atomic E-state index is 0.778. The van der Waals surface area contributed by atoms with Crippen molar-refractivity contribution in [3.8, 4) is 0 Å². The molecule has 1 aliphatic rings. The second-order valence-corrected chi connectivity index (χ2v) is 6.83. The van der Waals surface area contributed by atoms with Crippen molar-refractivity contribution < 1.29 is 4.79 Å². The Kier molecular flexibility index (Phi) is 2.99. The van der Waals surface area contributed by atoms with E-state index in [9.17, 15) is 4.79 Å². The summed E-state index contributed by atoms with van der Waals surface area (Å²) in [5, 5.41) is 7.38. The molecule has 0 aliphatic carbocycles. The molecule has 1 aliphatic heterocycles. The highest BCUT2D eigenvalue weighted by Crippen LogP contribution is 2.40. The highest BCUT2D eigenvalue weighted by atomic mass is 16.1. The zero-order valence-electron chi connectivity index (χ0n) is 13.6. The smallest absolute Gasteiger partial charge is 0.150 e. The van der Waals surface area contributed by atoms with Gasteiger partial charge in [-0.05, 0) is 52.3 Å². The molecule has 0 atom stereocenters. The molecule has 0 spiro atoms. The fourth-order valence-electron chi connectivity index (χ4n) is 4.32. The minimum Gasteiger partial charge on any atom is -0.371 e. The summed E-state index contributed by atoms with van der Waals surface area (Å²) in [6, 6.07) is 17.2. The van der Waals surface area contributed by atoms with E-state index in [0.29, 0.717) is 0 Å². The predicted molar refractivity (Wildman–Crippen MR) is 102 cm³/mol. The first-order valence-electron chi connectivity index (χ1n) is 8.77. The van der Waals surface area contributed by atoms with Crippen molar-refractivity contribution in [2.45, 2.75) is 19.3 Å². The summed E-state index contributed by atoms with van der Waals surface area (Å²) >= 11 is 0. The number of hydrogen-bond acceptors (Lipinski definition) is 2. The van der Waals surface area contributed by atoms with Crippen LogP contribution in [0.5, 0.6) is 0 Å². The third-order valence-corrected chi connectivity index (χ3v) is 5.50. The normalized spacial score (nSPS) is 15.6. The van der Waals surface area contributed by atoms with Crippen molar-refractivity contribution in [2.24, 2.45) is 0 Å². The molecule has 1 saturated heterocycles. The van der Waals surface area contributed by atoms with Crippen LogP contribution in [0.1, 0.15) is 29.6 Å². The van der Waals surface area contributed by atoms with E-state index >= 15 is 0 Å². The van der Waals surface area contributed by atoms with Crippen LogP contribution in [-0.2, 0) is 0 Å². The number of hydrogen-bond donors (Lipinski definition) is 0. The fraction of sp³-hybridized carbons (Fsp3) is 0.227. The van der Waals surface area contributed by atoms with Crippen LogP contribution in [0.15, 0.2) is 48.5 Å². The summed E-state index contributed by atoms with van der Waals surface area (Å²) in [6.45, 7) is 2.28. The first-order chi connectivity index (χ1) is 11.9. The Morgan fingerprint density at radius 3 is 2.08 bits per heavy atom. The van der Waals surface area contributed by atoms with Crippen molar-refractivity contribution in [2.75, 3.05) is 18.0 Å². The van der Waals surface area contributed by atoms with Crippen LogP contribution < -0.4 is 4.90 Å². The third-order valence-electron chi connectivity index (χ3n) is 5.50. The van der Waals surface area contributed by atoms with Gasteiger partial charge in [0, 0.05) is 29.7 Å². The van der Waals surface area contributed by atoms with E-state index < -0.39 is 0 Å². The fourth-order valence-corrected chi connectivity index (χ4v) is 4.32. The van der Waals surface area contributed by atoms with Crippen molar-refractivity contribution >= 4 is 44.3 Å². The summed E-state index contributed by atoms with van der Waals surface area (Å²) in [7, 11) is 0. The zero-order chi connectivity index (χ0) is 16.1. The lowest BCUT2D eigenvalue weighted by atomic mass is 9.91. The van der Waals surface area contributed by atoms with Crippen LogP contribution >= 0.6 is 0 Å². The van der Waals surface area contributed by atoms with E-state index in [1.54, 1.807) is 0 Å². The van der Waals surface area contributed by atoms with E-state index in [0.717, 1.165) is 30.3 Å². The van der Waals surface area contributed by atoms with Crippen LogP contribution in [-0.4, -0.2) is 19.4 Å². The Labute approximate surface area is 141 Å². The van der Waals surface area contributed by atoms with Gasteiger partial charge in [-0.1, -0.05) is 42.5 Å². The molecular weight excluding hydrogens is 294 g/mol. The number of aldehydes is 1. The molecule has 0 bridgehead atoms. The van der Waals surface area contributed by atoms with Gasteiger partial charge in [0.05, 0.1) is 0 Å². The van der Waals surface area contributed by atoms with Gasteiger partial charge in [-0.15, -0.1) is 0 Å². The van der Waals surface area contributed by atoms with E-state index in [2.05, 4.69) is 47.4 Å². The average Bonchev–Trinajstić information content (AvgIpc) is 2.66. The van der Waals surface area contributed by atoms with E-state index in [-0.39, 0.29) is 0 Å². The summed E-state index contributed by atoms with van der Waals surface area (Å²) in [4.78, 5) is 14.0. The number of anilines is 1. The van der Waals surface area contributed by atoms with Crippen molar-refractivity contribution in [3.63, 3.8) is 0 Å². The van der Waals surface area contributed by atoms with Gasteiger partial charge < -0.3 is 4.90 Å². The molecule has 4 aromatic rings. The summed E-state index contributed by atoms with van der Waals surface area (Å²) in [5.74, 6) is 0. The molecule has 0 N–H and O–H groups in total. The lowest BCUT2D eigenvalue weighted by Crippen LogP contribution is -2.29. The second-order valence-electron chi connectivity index (χ2n) is 6.83. The van der Waals surface area contributed by atoms with Crippen LogP contribution in [0.2, 0.25) is 0 Å². The monoisotopic (exact) mass is 313 g/mol. The number of carbonyl (C=O) groups is 1. The van der Waals surface area contributed by atoms with Gasteiger partial charge in [-0.2, -0.15) is 0 Å². The van der Waals surface area contributed by atoms with Crippen molar-refractivity contribution in [1.29, 1.82) is 0 Å². The molecular formula is C22H19NO. The topological polar surface area (TPSA) is 20.3 Å². The highest BCUT2D eigenvalue weighted by Gasteiger charge is 2.17. The van der Waals surface area contributed by atoms with E-state index in [1.165, 1.54) is 51.9 Å². The van der Waals surface area contributed by atoms with Crippen molar-refractivity contribution in [1.82, 2.24) is 0 Å². The van der Waals surface area contributed by atoms with Gasteiger partial charge in [0.1, 0.15) is 0 Å². The minimum atomic E-state index is 0.778. The molecule has 118 valence electrons. The Balaban J connectivity index is 1.90. The summed E-state index contributed by atoms with van der Waals surface area (Å²) < 4.78 is 0. The van der Waals surface area contributed by atoms with Gasteiger partial charge in [0.2, 0.25) is 0 Å². The molecule has 1 fully saturated rings. The molecule has 2 heteroatoms. The molecule has 0 unspecified atom stereocenters. The maximum absolute atomic E-state index is 11.5. The molecule has 5 rings (SSSR count).